The van der Waals surface area contributed by atoms with Gasteiger partial charge in [0.1, 0.15) is 6.10 Å². The van der Waals surface area contributed by atoms with Crippen molar-refractivity contribution in [3.8, 4) is 0 Å². The molecule has 1 unspecified atom stereocenters. The van der Waals surface area contributed by atoms with E-state index in [2.05, 4.69) is 24.5 Å². The second kappa shape index (κ2) is 5.36. The van der Waals surface area contributed by atoms with Crippen LogP contribution in [0.3, 0.4) is 0 Å². The fourth-order valence-corrected chi connectivity index (χ4v) is 2.64. The molecule has 0 aromatic rings. The summed E-state index contributed by atoms with van der Waals surface area (Å²) in [5.74, 6) is 0.849. The van der Waals surface area contributed by atoms with Crippen molar-refractivity contribution in [2.24, 2.45) is 5.92 Å². The van der Waals surface area contributed by atoms with Gasteiger partial charge in [0, 0.05) is 18.6 Å². The van der Waals surface area contributed by atoms with Crippen LogP contribution < -0.4 is 10.6 Å². The van der Waals surface area contributed by atoms with E-state index in [1.54, 1.807) is 0 Å². The van der Waals surface area contributed by atoms with Gasteiger partial charge < -0.3 is 15.4 Å². The fraction of sp³-hybridized carbons (Fsp3) is 0.923. The van der Waals surface area contributed by atoms with Crippen molar-refractivity contribution in [3.63, 3.8) is 0 Å². The molecule has 98 valence electrons. The van der Waals surface area contributed by atoms with Gasteiger partial charge in [0.15, 0.2) is 0 Å². The van der Waals surface area contributed by atoms with E-state index in [0.717, 1.165) is 25.3 Å². The summed E-state index contributed by atoms with van der Waals surface area (Å²) in [6.45, 7) is 6.56. The third-order valence-corrected chi connectivity index (χ3v) is 4.02. The molecule has 2 rings (SSSR count). The molecule has 0 spiro atoms. The van der Waals surface area contributed by atoms with Crippen molar-refractivity contribution in [1.29, 1.82) is 0 Å². The maximum atomic E-state index is 12.1. The molecular formula is C13H24N2O2. The maximum absolute atomic E-state index is 12.1. The molecule has 1 saturated heterocycles. The Morgan fingerprint density at radius 2 is 2.12 bits per heavy atom. The van der Waals surface area contributed by atoms with E-state index in [-0.39, 0.29) is 17.6 Å². The Labute approximate surface area is 103 Å². The van der Waals surface area contributed by atoms with Gasteiger partial charge in [0.2, 0.25) is 0 Å². The van der Waals surface area contributed by atoms with Crippen LogP contribution in [0.2, 0.25) is 0 Å². The normalized spacial score (nSPS) is 38.7. The lowest BCUT2D eigenvalue weighted by Crippen LogP contribution is -2.55. The lowest BCUT2D eigenvalue weighted by Gasteiger charge is -2.38. The van der Waals surface area contributed by atoms with Gasteiger partial charge in [-0.15, -0.1) is 0 Å². The number of nitrogens with one attached hydrogen (secondary N) is 2. The lowest BCUT2D eigenvalue weighted by molar-refractivity contribution is -0.136. The average Bonchev–Trinajstić information content (AvgIpc) is 2.34. The van der Waals surface area contributed by atoms with Crippen LogP contribution in [0.4, 0.5) is 0 Å². The molecule has 1 heterocycles. The third-order valence-electron chi connectivity index (χ3n) is 4.02. The minimum absolute atomic E-state index is 0.0234. The monoisotopic (exact) mass is 240 g/mol. The summed E-state index contributed by atoms with van der Waals surface area (Å²) < 4.78 is 5.47. The molecule has 0 bridgehead atoms. The second-order valence-electron chi connectivity index (χ2n) is 5.80. The quantitative estimate of drug-likeness (QED) is 0.759. The predicted molar refractivity (Wildman–Crippen MR) is 66.8 cm³/mol. The zero-order valence-corrected chi connectivity index (χ0v) is 10.9. The van der Waals surface area contributed by atoms with Gasteiger partial charge in [-0.1, -0.05) is 6.92 Å². The zero-order chi connectivity index (χ0) is 12.3. The zero-order valence-electron chi connectivity index (χ0n) is 10.9. The second-order valence-corrected chi connectivity index (χ2v) is 5.80. The highest BCUT2D eigenvalue weighted by atomic mass is 16.5. The lowest BCUT2D eigenvalue weighted by atomic mass is 9.78. The molecule has 4 nitrogen and oxygen atoms in total. The predicted octanol–water partition coefficient (Wildman–Crippen LogP) is 1.06. The fourth-order valence-electron chi connectivity index (χ4n) is 2.64. The van der Waals surface area contributed by atoms with Crippen LogP contribution >= 0.6 is 0 Å². The van der Waals surface area contributed by atoms with Crippen LogP contribution in [-0.4, -0.2) is 37.2 Å². The topological polar surface area (TPSA) is 50.4 Å². The first-order valence-corrected chi connectivity index (χ1v) is 6.73. The van der Waals surface area contributed by atoms with Crippen molar-refractivity contribution >= 4 is 5.91 Å². The highest BCUT2D eigenvalue weighted by Gasteiger charge is 2.33. The number of amides is 1. The SMILES string of the molecule is CC1CCC(C)(NC(=O)C2CNCCO2)CC1. The van der Waals surface area contributed by atoms with Crippen molar-refractivity contribution in [2.75, 3.05) is 19.7 Å². The van der Waals surface area contributed by atoms with Gasteiger partial charge in [-0.2, -0.15) is 0 Å². The smallest absolute Gasteiger partial charge is 0.250 e. The molecule has 2 aliphatic rings. The van der Waals surface area contributed by atoms with Gasteiger partial charge in [0.05, 0.1) is 6.61 Å². The highest BCUT2D eigenvalue weighted by molar-refractivity contribution is 5.81. The molecule has 1 aliphatic carbocycles. The summed E-state index contributed by atoms with van der Waals surface area (Å²) in [4.78, 5) is 12.1. The van der Waals surface area contributed by atoms with E-state index >= 15 is 0 Å². The Bertz CT molecular complexity index is 267. The molecule has 0 aromatic heterocycles. The van der Waals surface area contributed by atoms with Crippen molar-refractivity contribution < 1.29 is 9.53 Å². The molecule has 0 radical (unpaired) electrons. The molecule has 1 aliphatic heterocycles. The van der Waals surface area contributed by atoms with Gasteiger partial charge in [-0.05, 0) is 38.5 Å². The van der Waals surface area contributed by atoms with Gasteiger partial charge in [-0.25, -0.2) is 0 Å². The van der Waals surface area contributed by atoms with Gasteiger partial charge >= 0.3 is 0 Å². The van der Waals surface area contributed by atoms with Crippen molar-refractivity contribution in [2.45, 2.75) is 51.2 Å². The van der Waals surface area contributed by atoms with Crippen LogP contribution in [0.25, 0.3) is 0 Å². The number of ether oxygens (including phenoxy) is 1. The number of carbonyl (C=O) groups is 1. The van der Waals surface area contributed by atoms with Crippen LogP contribution in [0.1, 0.15) is 39.5 Å². The number of hydrogen-bond donors (Lipinski definition) is 2. The molecule has 1 amide bonds. The van der Waals surface area contributed by atoms with Crippen LogP contribution in [-0.2, 0) is 9.53 Å². The Hall–Kier alpha value is -0.610. The molecule has 4 heteroatoms. The standard InChI is InChI=1S/C13H24N2O2/c1-10-3-5-13(2,6-4-10)15-12(16)11-9-14-7-8-17-11/h10-11,14H,3-9H2,1-2H3,(H,15,16). The van der Waals surface area contributed by atoms with Gasteiger partial charge in [-0.3, -0.25) is 4.79 Å². The first-order chi connectivity index (χ1) is 8.09. The summed E-state index contributed by atoms with van der Waals surface area (Å²) in [6, 6.07) is 0. The van der Waals surface area contributed by atoms with E-state index in [9.17, 15) is 4.79 Å². The number of morpholine rings is 1. The molecular weight excluding hydrogens is 216 g/mol. The van der Waals surface area contributed by atoms with Crippen molar-refractivity contribution in [3.05, 3.63) is 0 Å². The largest absolute Gasteiger partial charge is 0.366 e. The maximum Gasteiger partial charge on any atom is 0.250 e. The molecule has 1 saturated carbocycles. The van der Waals surface area contributed by atoms with E-state index < -0.39 is 0 Å². The molecule has 17 heavy (non-hydrogen) atoms. The Morgan fingerprint density at radius 1 is 1.41 bits per heavy atom. The molecule has 0 aromatic carbocycles. The Morgan fingerprint density at radius 3 is 2.71 bits per heavy atom. The molecule has 1 atom stereocenters. The summed E-state index contributed by atoms with van der Waals surface area (Å²) in [5, 5.41) is 6.37. The van der Waals surface area contributed by atoms with Crippen LogP contribution in [0.15, 0.2) is 0 Å². The Kier molecular flexibility index (Phi) is 4.05. The van der Waals surface area contributed by atoms with Crippen molar-refractivity contribution in [1.82, 2.24) is 10.6 Å². The minimum atomic E-state index is -0.306. The first-order valence-electron chi connectivity index (χ1n) is 6.73. The highest BCUT2D eigenvalue weighted by Crippen LogP contribution is 2.31. The van der Waals surface area contributed by atoms with E-state index in [4.69, 9.17) is 4.74 Å². The minimum Gasteiger partial charge on any atom is -0.366 e. The van der Waals surface area contributed by atoms with E-state index in [1.807, 2.05) is 0 Å². The summed E-state index contributed by atoms with van der Waals surface area (Å²) in [7, 11) is 0. The van der Waals surface area contributed by atoms with E-state index in [0.29, 0.717) is 13.2 Å². The first kappa shape index (κ1) is 12.8. The van der Waals surface area contributed by atoms with E-state index in [1.165, 1.54) is 12.8 Å². The summed E-state index contributed by atoms with van der Waals surface area (Å²) in [6.07, 6.45) is 4.28. The number of rotatable bonds is 2. The van der Waals surface area contributed by atoms with Gasteiger partial charge in [0.25, 0.3) is 5.91 Å². The third kappa shape index (κ3) is 3.42. The average molecular weight is 240 g/mol. The molecule has 2 fully saturated rings. The summed E-state index contributed by atoms with van der Waals surface area (Å²) >= 11 is 0. The number of hydrogen-bond acceptors (Lipinski definition) is 3. The van der Waals surface area contributed by atoms with Crippen LogP contribution in [0.5, 0.6) is 0 Å². The number of carbonyl (C=O) groups excluding carboxylic acids is 1. The summed E-state index contributed by atoms with van der Waals surface area (Å²) in [5.41, 5.74) is -0.0234. The Balaban J connectivity index is 1.84. The molecule has 2 N–H and O–H groups in total. The van der Waals surface area contributed by atoms with Crippen LogP contribution in [0, 0.1) is 5.92 Å².